The van der Waals surface area contributed by atoms with Gasteiger partial charge >= 0.3 is 0 Å². The molecule has 0 saturated carbocycles. The predicted octanol–water partition coefficient (Wildman–Crippen LogP) is 2.87. The largest absolute Gasteiger partial charge is 0.481 e. The molecule has 3 aromatic rings. The van der Waals surface area contributed by atoms with Crippen LogP contribution in [0.1, 0.15) is 5.56 Å². The molecule has 0 bridgehead atoms. The van der Waals surface area contributed by atoms with E-state index in [4.69, 9.17) is 9.47 Å². The fourth-order valence-corrected chi connectivity index (χ4v) is 2.79. The van der Waals surface area contributed by atoms with Gasteiger partial charge in [0.2, 0.25) is 11.8 Å². The molecule has 0 unspecified atom stereocenters. The number of fused-ring (bicyclic) bond motifs is 1. The van der Waals surface area contributed by atoms with E-state index in [1.807, 2.05) is 24.4 Å². The Morgan fingerprint density at radius 3 is 2.76 bits per heavy atom. The second kappa shape index (κ2) is 7.81. The van der Waals surface area contributed by atoms with Crippen LogP contribution in [-0.2, 0) is 22.5 Å². The van der Waals surface area contributed by atoms with Gasteiger partial charge in [0.1, 0.15) is 0 Å². The number of rotatable bonds is 7. The summed E-state index contributed by atoms with van der Waals surface area (Å²) in [5.41, 5.74) is 2.74. The number of benzene rings is 1. The molecule has 6 nitrogen and oxygen atoms in total. The number of pyridine rings is 1. The van der Waals surface area contributed by atoms with E-state index in [-0.39, 0.29) is 5.91 Å². The third-order valence-corrected chi connectivity index (χ3v) is 3.99. The topological polar surface area (TPSA) is 65.4 Å². The maximum atomic E-state index is 12.4. The van der Waals surface area contributed by atoms with Gasteiger partial charge in [-0.05, 0) is 17.7 Å². The number of carbonyl (C=O) groups is 1. The fraction of sp³-hybridized carbons (Fsp3) is 0.263. The first-order chi connectivity index (χ1) is 12.2. The number of nitrogens with zero attached hydrogens (tertiary/aromatic N) is 2. The third-order valence-electron chi connectivity index (χ3n) is 3.99. The van der Waals surface area contributed by atoms with E-state index in [2.05, 4.69) is 20.9 Å². The summed E-state index contributed by atoms with van der Waals surface area (Å²) in [5.74, 6) is 0.431. The minimum absolute atomic E-state index is 0.0818. The lowest BCUT2D eigenvalue weighted by Crippen LogP contribution is -2.14. The van der Waals surface area contributed by atoms with Crippen LogP contribution in [0.3, 0.4) is 0 Å². The van der Waals surface area contributed by atoms with E-state index in [0.717, 1.165) is 23.0 Å². The number of carbonyl (C=O) groups excluding carboxylic acids is 1. The Hall–Kier alpha value is -2.86. The third kappa shape index (κ3) is 3.97. The summed E-state index contributed by atoms with van der Waals surface area (Å²) < 4.78 is 12.3. The summed E-state index contributed by atoms with van der Waals surface area (Å²) in [5, 5.41) is 3.95. The highest BCUT2D eigenvalue weighted by Crippen LogP contribution is 2.22. The molecule has 1 N–H and O–H groups in total. The lowest BCUT2D eigenvalue weighted by Gasteiger charge is -2.05. The molecule has 6 heteroatoms. The van der Waals surface area contributed by atoms with E-state index in [0.29, 0.717) is 24.6 Å². The summed E-state index contributed by atoms with van der Waals surface area (Å²) in [6, 6.07) is 11.6. The Labute approximate surface area is 146 Å². The van der Waals surface area contributed by atoms with Crippen molar-refractivity contribution in [1.29, 1.82) is 0 Å². The summed E-state index contributed by atoms with van der Waals surface area (Å²) in [6.07, 6.45) is 3.90. The lowest BCUT2D eigenvalue weighted by molar-refractivity contribution is -0.115. The van der Waals surface area contributed by atoms with Crippen LogP contribution >= 0.6 is 0 Å². The van der Waals surface area contributed by atoms with Crippen LogP contribution in [-0.4, -0.2) is 36.3 Å². The zero-order chi connectivity index (χ0) is 17.6. The molecule has 130 valence electrons. The molecule has 0 aliphatic heterocycles. The van der Waals surface area contributed by atoms with Crippen LogP contribution in [0.25, 0.3) is 10.9 Å². The van der Waals surface area contributed by atoms with E-state index in [9.17, 15) is 4.79 Å². The second-order valence-corrected chi connectivity index (χ2v) is 5.67. The molecule has 2 heterocycles. The standard InChI is InChI=1S/C19H21N3O3/c1-24-10-9-22-13-14(16-5-3-4-6-17(16)22)11-18(23)21-15-7-8-19(25-2)20-12-15/h3-8,12-13H,9-11H2,1-2H3,(H,21,23). The molecular weight excluding hydrogens is 318 g/mol. The molecule has 0 aliphatic rings. The van der Waals surface area contributed by atoms with Crippen LogP contribution in [0.15, 0.2) is 48.8 Å². The van der Waals surface area contributed by atoms with E-state index >= 15 is 0 Å². The van der Waals surface area contributed by atoms with Gasteiger partial charge in [0.05, 0.1) is 32.0 Å². The Morgan fingerprint density at radius 1 is 1.20 bits per heavy atom. The molecule has 1 aromatic carbocycles. The van der Waals surface area contributed by atoms with Crippen molar-refractivity contribution in [3.63, 3.8) is 0 Å². The smallest absolute Gasteiger partial charge is 0.228 e. The first kappa shape index (κ1) is 17.0. The SMILES string of the molecule is COCCn1cc(CC(=O)Nc2ccc(OC)nc2)c2ccccc21. The number of anilines is 1. The van der Waals surface area contributed by atoms with Gasteiger partial charge in [0.25, 0.3) is 0 Å². The van der Waals surface area contributed by atoms with Gasteiger partial charge in [-0.3, -0.25) is 4.79 Å². The zero-order valence-corrected chi connectivity index (χ0v) is 14.4. The van der Waals surface area contributed by atoms with Crippen LogP contribution < -0.4 is 10.1 Å². The van der Waals surface area contributed by atoms with Crippen molar-refractivity contribution in [2.75, 3.05) is 26.1 Å². The summed E-state index contributed by atoms with van der Waals surface area (Å²) in [6.45, 7) is 1.38. The molecule has 0 radical (unpaired) electrons. The van der Waals surface area contributed by atoms with Gasteiger partial charge in [0, 0.05) is 36.8 Å². The van der Waals surface area contributed by atoms with Crippen molar-refractivity contribution in [2.24, 2.45) is 0 Å². The van der Waals surface area contributed by atoms with E-state index in [1.165, 1.54) is 0 Å². The summed E-state index contributed by atoms with van der Waals surface area (Å²) in [7, 11) is 3.24. The van der Waals surface area contributed by atoms with Gasteiger partial charge in [-0.15, -0.1) is 0 Å². The molecule has 1 amide bonds. The molecule has 25 heavy (non-hydrogen) atoms. The van der Waals surface area contributed by atoms with Crippen molar-refractivity contribution in [3.8, 4) is 5.88 Å². The highest BCUT2D eigenvalue weighted by Gasteiger charge is 2.12. The molecule has 0 aliphatic carbocycles. The van der Waals surface area contributed by atoms with Crippen molar-refractivity contribution >= 4 is 22.5 Å². The maximum Gasteiger partial charge on any atom is 0.228 e. The Morgan fingerprint density at radius 2 is 2.04 bits per heavy atom. The molecule has 3 rings (SSSR count). The van der Waals surface area contributed by atoms with Gasteiger partial charge in [-0.2, -0.15) is 0 Å². The highest BCUT2D eigenvalue weighted by atomic mass is 16.5. The number of amides is 1. The molecule has 0 spiro atoms. The van der Waals surface area contributed by atoms with Crippen molar-refractivity contribution in [3.05, 3.63) is 54.4 Å². The number of methoxy groups -OCH3 is 2. The van der Waals surface area contributed by atoms with Crippen LogP contribution in [0.5, 0.6) is 5.88 Å². The average Bonchev–Trinajstić information content (AvgIpc) is 2.98. The van der Waals surface area contributed by atoms with Crippen LogP contribution in [0.4, 0.5) is 5.69 Å². The summed E-state index contributed by atoms with van der Waals surface area (Å²) >= 11 is 0. The first-order valence-corrected chi connectivity index (χ1v) is 8.07. The van der Waals surface area contributed by atoms with Gasteiger partial charge < -0.3 is 19.4 Å². The molecule has 0 saturated heterocycles. The molecule has 2 aromatic heterocycles. The second-order valence-electron chi connectivity index (χ2n) is 5.67. The van der Waals surface area contributed by atoms with Crippen molar-refractivity contribution < 1.29 is 14.3 Å². The highest BCUT2D eigenvalue weighted by molar-refractivity contribution is 5.95. The van der Waals surface area contributed by atoms with Crippen molar-refractivity contribution in [1.82, 2.24) is 9.55 Å². The average molecular weight is 339 g/mol. The normalized spacial score (nSPS) is 10.8. The van der Waals surface area contributed by atoms with Gasteiger partial charge in [-0.1, -0.05) is 18.2 Å². The minimum Gasteiger partial charge on any atom is -0.481 e. The molecule has 0 atom stereocenters. The number of hydrogen-bond donors (Lipinski definition) is 1. The number of aromatic nitrogens is 2. The monoisotopic (exact) mass is 339 g/mol. The lowest BCUT2D eigenvalue weighted by atomic mass is 10.1. The Bertz CT molecular complexity index is 856. The molecule has 0 fully saturated rings. The molecular formula is C19H21N3O3. The predicted molar refractivity (Wildman–Crippen MR) is 96.9 cm³/mol. The van der Waals surface area contributed by atoms with Gasteiger partial charge in [-0.25, -0.2) is 4.98 Å². The van der Waals surface area contributed by atoms with E-state index in [1.54, 1.807) is 32.5 Å². The van der Waals surface area contributed by atoms with Crippen LogP contribution in [0, 0.1) is 0 Å². The van der Waals surface area contributed by atoms with Crippen molar-refractivity contribution in [2.45, 2.75) is 13.0 Å². The van der Waals surface area contributed by atoms with Crippen LogP contribution in [0.2, 0.25) is 0 Å². The Kier molecular flexibility index (Phi) is 5.30. The minimum atomic E-state index is -0.0818. The number of para-hydroxylation sites is 1. The fourth-order valence-electron chi connectivity index (χ4n) is 2.79. The number of hydrogen-bond acceptors (Lipinski definition) is 4. The summed E-state index contributed by atoms with van der Waals surface area (Å²) in [4.78, 5) is 16.5. The Balaban J connectivity index is 1.76. The quantitative estimate of drug-likeness (QED) is 0.719. The zero-order valence-electron chi connectivity index (χ0n) is 14.4. The number of ether oxygens (including phenoxy) is 2. The first-order valence-electron chi connectivity index (χ1n) is 8.07. The van der Waals surface area contributed by atoms with Gasteiger partial charge in [0.15, 0.2) is 0 Å². The number of nitrogens with one attached hydrogen (secondary N) is 1. The van der Waals surface area contributed by atoms with E-state index < -0.39 is 0 Å². The maximum absolute atomic E-state index is 12.4.